The number of benzene rings is 1. The summed E-state index contributed by atoms with van der Waals surface area (Å²) in [5, 5.41) is -3.40. The number of hydrogen-bond acceptors (Lipinski definition) is 2. The van der Waals surface area contributed by atoms with Crippen LogP contribution in [0.5, 0.6) is 0 Å². The smallest absolute Gasteiger partial charge is 0.337 e. The third-order valence-electron chi connectivity index (χ3n) is 2.93. The number of rotatable bonds is 3. The number of halogens is 3. The van der Waals surface area contributed by atoms with E-state index in [1.54, 1.807) is 24.3 Å². The van der Waals surface area contributed by atoms with Crippen LogP contribution in [0.15, 0.2) is 33.6 Å². The van der Waals surface area contributed by atoms with Crippen LogP contribution in [0.25, 0.3) is 0 Å². The van der Waals surface area contributed by atoms with Crippen LogP contribution in [0.1, 0.15) is 19.3 Å². The summed E-state index contributed by atoms with van der Waals surface area (Å²) >= 11 is 3.54. The van der Waals surface area contributed by atoms with Crippen LogP contribution < -0.4 is 0 Å². The van der Waals surface area contributed by atoms with E-state index in [0.29, 0.717) is 29.7 Å². The van der Waals surface area contributed by atoms with E-state index in [1.807, 2.05) is 0 Å². The maximum Gasteiger partial charge on any atom is 0.375 e. The quantitative estimate of drug-likeness (QED) is 0.764. The Morgan fingerprint density at radius 3 is 2.58 bits per heavy atom. The van der Waals surface area contributed by atoms with Crippen molar-refractivity contribution in [3.8, 4) is 0 Å². The zero-order valence-electron chi connectivity index (χ0n) is 10.2. The van der Waals surface area contributed by atoms with E-state index < -0.39 is 11.2 Å². The molecule has 1 saturated heterocycles. The first kappa shape index (κ1) is 14.8. The first-order chi connectivity index (χ1) is 8.99. The minimum atomic E-state index is -3.40. The Bertz CT molecular complexity index is 464. The van der Waals surface area contributed by atoms with Crippen LogP contribution in [0.2, 0.25) is 0 Å². The standard InChI is InChI=1S/C13H14BrF2NOS/c14-10-5-4-6-11(9-10)19-13(15,16)12(18)17-7-2-1-3-8-17/h4-6,9H,1-3,7-8H2. The van der Waals surface area contributed by atoms with Crippen LogP contribution >= 0.6 is 27.7 Å². The Labute approximate surface area is 123 Å². The Hall–Kier alpha value is -0.620. The molecule has 1 aliphatic rings. The zero-order valence-corrected chi connectivity index (χ0v) is 12.6. The van der Waals surface area contributed by atoms with Crippen LogP contribution in [0, 0.1) is 0 Å². The maximum atomic E-state index is 14.0. The Balaban J connectivity index is 2.06. The van der Waals surface area contributed by atoms with Gasteiger partial charge in [-0.05, 0) is 49.2 Å². The second kappa shape index (κ2) is 6.22. The maximum absolute atomic E-state index is 14.0. The van der Waals surface area contributed by atoms with Crippen molar-refractivity contribution in [1.82, 2.24) is 4.90 Å². The molecule has 1 aromatic carbocycles. The summed E-state index contributed by atoms with van der Waals surface area (Å²) in [6, 6.07) is 6.59. The van der Waals surface area contributed by atoms with Gasteiger partial charge in [-0.1, -0.05) is 22.0 Å². The summed E-state index contributed by atoms with van der Waals surface area (Å²) < 4.78 is 28.7. The summed E-state index contributed by atoms with van der Waals surface area (Å²) in [6.07, 6.45) is 2.63. The number of nitrogens with zero attached hydrogens (tertiary/aromatic N) is 1. The highest BCUT2D eigenvalue weighted by molar-refractivity contribution is 9.10. The molecule has 1 fully saturated rings. The molecular weight excluding hydrogens is 336 g/mol. The van der Waals surface area contributed by atoms with Crippen molar-refractivity contribution in [2.24, 2.45) is 0 Å². The molecular formula is C13H14BrF2NOS. The van der Waals surface area contributed by atoms with Crippen LogP contribution in [0.3, 0.4) is 0 Å². The van der Waals surface area contributed by atoms with Gasteiger partial charge in [-0.3, -0.25) is 4.79 Å². The second-order valence-corrected chi connectivity index (χ2v) is 6.53. The molecule has 0 bridgehead atoms. The SMILES string of the molecule is O=C(N1CCCCC1)C(F)(F)Sc1cccc(Br)c1. The Kier molecular flexibility index (Phi) is 4.84. The van der Waals surface area contributed by atoms with Crippen LogP contribution in [-0.4, -0.2) is 29.2 Å². The van der Waals surface area contributed by atoms with Gasteiger partial charge >= 0.3 is 11.2 Å². The molecule has 1 amide bonds. The minimum absolute atomic E-state index is 0.307. The van der Waals surface area contributed by atoms with Gasteiger partial charge in [-0.2, -0.15) is 8.78 Å². The fourth-order valence-corrected chi connectivity index (χ4v) is 3.40. The number of amides is 1. The first-order valence-corrected chi connectivity index (χ1v) is 7.72. The van der Waals surface area contributed by atoms with Crippen molar-refractivity contribution < 1.29 is 13.6 Å². The highest BCUT2D eigenvalue weighted by Crippen LogP contribution is 2.38. The summed E-state index contributed by atoms with van der Waals surface area (Å²) in [7, 11) is 0. The molecule has 6 heteroatoms. The van der Waals surface area contributed by atoms with Crippen molar-refractivity contribution in [1.29, 1.82) is 0 Å². The van der Waals surface area contributed by atoms with E-state index in [0.717, 1.165) is 23.7 Å². The molecule has 104 valence electrons. The highest BCUT2D eigenvalue weighted by atomic mass is 79.9. The van der Waals surface area contributed by atoms with E-state index in [9.17, 15) is 13.6 Å². The van der Waals surface area contributed by atoms with E-state index in [4.69, 9.17) is 0 Å². The molecule has 1 aromatic rings. The molecule has 1 heterocycles. The van der Waals surface area contributed by atoms with Crippen molar-refractivity contribution in [2.45, 2.75) is 29.4 Å². The fourth-order valence-electron chi connectivity index (χ4n) is 2.00. The molecule has 2 rings (SSSR count). The molecule has 0 aromatic heterocycles. The van der Waals surface area contributed by atoms with E-state index in [2.05, 4.69) is 15.9 Å². The molecule has 0 radical (unpaired) electrons. The van der Waals surface area contributed by atoms with Crippen LogP contribution in [-0.2, 0) is 4.79 Å². The highest BCUT2D eigenvalue weighted by Gasteiger charge is 2.43. The molecule has 1 aliphatic heterocycles. The monoisotopic (exact) mass is 349 g/mol. The summed E-state index contributed by atoms with van der Waals surface area (Å²) in [6.45, 7) is 0.876. The largest absolute Gasteiger partial charge is 0.375 e. The van der Waals surface area contributed by atoms with Gasteiger partial charge in [-0.15, -0.1) is 0 Å². The predicted molar refractivity (Wildman–Crippen MR) is 75.4 cm³/mol. The van der Waals surface area contributed by atoms with E-state index in [1.165, 1.54) is 4.90 Å². The third kappa shape index (κ3) is 3.92. The lowest BCUT2D eigenvalue weighted by molar-refractivity contribution is -0.147. The number of carbonyl (C=O) groups is 1. The van der Waals surface area contributed by atoms with Gasteiger partial charge in [0.15, 0.2) is 0 Å². The van der Waals surface area contributed by atoms with E-state index >= 15 is 0 Å². The van der Waals surface area contributed by atoms with Crippen molar-refractivity contribution in [2.75, 3.05) is 13.1 Å². The van der Waals surface area contributed by atoms with Gasteiger partial charge in [0.05, 0.1) is 0 Å². The summed E-state index contributed by atoms with van der Waals surface area (Å²) in [4.78, 5) is 13.5. The summed E-state index contributed by atoms with van der Waals surface area (Å²) in [5.74, 6) is -1.07. The van der Waals surface area contributed by atoms with Crippen molar-refractivity contribution >= 4 is 33.6 Å². The number of hydrogen-bond donors (Lipinski definition) is 0. The van der Waals surface area contributed by atoms with Gasteiger partial charge in [-0.25, -0.2) is 0 Å². The number of likely N-dealkylation sites (tertiary alicyclic amines) is 1. The van der Waals surface area contributed by atoms with Gasteiger partial charge in [0.1, 0.15) is 0 Å². The number of piperidine rings is 1. The van der Waals surface area contributed by atoms with Crippen molar-refractivity contribution in [3.05, 3.63) is 28.7 Å². The lowest BCUT2D eigenvalue weighted by Gasteiger charge is -2.29. The molecule has 0 unspecified atom stereocenters. The molecule has 19 heavy (non-hydrogen) atoms. The molecule has 0 saturated carbocycles. The number of carbonyl (C=O) groups excluding carboxylic acids is 1. The third-order valence-corrected chi connectivity index (χ3v) is 4.35. The fraction of sp³-hybridized carbons (Fsp3) is 0.462. The Morgan fingerprint density at radius 2 is 1.95 bits per heavy atom. The molecule has 0 atom stereocenters. The lowest BCUT2D eigenvalue weighted by atomic mass is 10.1. The summed E-state index contributed by atoms with van der Waals surface area (Å²) in [5.41, 5.74) is 0. The molecule has 0 N–H and O–H groups in total. The van der Waals surface area contributed by atoms with Gasteiger partial charge in [0, 0.05) is 22.5 Å². The van der Waals surface area contributed by atoms with Crippen LogP contribution in [0.4, 0.5) is 8.78 Å². The number of thioether (sulfide) groups is 1. The van der Waals surface area contributed by atoms with E-state index in [-0.39, 0.29) is 0 Å². The number of alkyl halides is 2. The van der Waals surface area contributed by atoms with Gasteiger partial charge in [0.2, 0.25) is 0 Å². The molecule has 2 nitrogen and oxygen atoms in total. The minimum Gasteiger partial charge on any atom is -0.337 e. The predicted octanol–water partition coefficient (Wildman–Crippen LogP) is 4.15. The van der Waals surface area contributed by atoms with Gasteiger partial charge < -0.3 is 4.90 Å². The first-order valence-electron chi connectivity index (χ1n) is 6.11. The van der Waals surface area contributed by atoms with Gasteiger partial charge in [0.25, 0.3) is 0 Å². The average Bonchev–Trinajstić information content (AvgIpc) is 2.38. The molecule has 0 spiro atoms. The normalized spacial score (nSPS) is 16.5. The lowest BCUT2D eigenvalue weighted by Crippen LogP contribution is -2.44. The average molecular weight is 350 g/mol. The van der Waals surface area contributed by atoms with Crippen molar-refractivity contribution in [3.63, 3.8) is 0 Å². The molecule has 0 aliphatic carbocycles. The topological polar surface area (TPSA) is 20.3 Å². The zero-order chi connectivity index (χ0) is 13.9. The Morgan fingerprint density at radius 1 is 1.26 bits per heavy atom. The second-order valence-electron chi connectivity index (χ2n) is 4.43.